The summed E-state index contributed by atoms with van der Waals surface area (Å²) < 4.78 is 17.0. The molecule has 1 amide bonds. The van der Waals surface area contributed by atoms with E-state index in [1.165, 1.54) is 7.11 Å². The van der Waals surface area contributed by atoms with Gasteiger partial charge < -0.3 is 14.2 Å². The zero-order valence-electron chi connectivity index (χ0n) is 15.4. The fraction of sp³-hybridized carbons (Fsp3) is 0.684. The molecule has 0 aromatic carbocycles. The molecule has 138 valence electrons. The van der Waals surface area contributed by atoms with Gasteiger partial charge in [-0.2, -0.15) is 0 Å². The van der Waals surface area contributed by atoms with Gasteiger partial charge in [0.15, 0.2) is 0 Å². The van der Waals surface area contributed by atoms with E-state index >= 15 is 0 Å². The van der Waals surface area contributed by atoms with Gasteiger partial charge in [0.2, 0.25) is 0 Å². The van der Waals surface area contributed by atoms with E-state index in [0.29, 0.717) is 6.54 Å². The van der Waals surface area contributed by atoms with Crippen molar-refractivity contribution in [3.63, 3.8) is 0 Å². The van der Waals surface area contributed by atoms with Crippen molar-refractivity contribution in [2.45, 2.75) is 63.4 Å². The highest BCUT2D eigenvalue weighted by molar-refractivity contribution is 5.78. The number of rotatable bonds is 1. The van der Waals surface area contributed by atoms with Crippen LogP contribution in [0.5, 0.6) is 0 Å². The van der Waals surface area contributed by atoms with E-state index in [1.54, 1.807) is 4.90 Å². The first kappa shape index (κ1) is 18.0. The molecule has 3 aliphatic rings. The molecule has 1 aliphatic carbocycles. The van der Waals surface area contributed by atoms with Crippen LogP contribution < -0.4 is 0 Å². The molecular weight excluding hydrogens is 322 g/mol. The minimum absolute atomic E-state index is 0.340. The summed E-state index contributed by atoms with van der Waals surface area (Å²) in [5.74, 6) is -0.903. The first-order valence-electron chi connectivity index (χ1n) is 8.87. The Morgan fingerprint density at radius 1 is 1.28 bits per heavy atom. The Labute approximate surface area is 148 Å². The minimum atomic E-state index is -0.713. The first-order valence-corrected chi connectivity index (χ1v) is 8.87. The third-order valence-electron chi connectivity index (χ3n) is 4.97. The Morgan fingerprint density at radius 2 is 2.04 bits per heavy atom. The van der Waals surface area contributed by atoms with Crippen LogP contribution in [0.25, 0.3) is 0 Å². The average Bonchev–Trinajstić information content (AvgIpc) is 2.86. The summed E-state index contributed by atoms with van der Waals surface area (Å²) in [6, 6.07) is -0.421. The molecule has 2 aliphatic heterocycles. The fourth-order valence-electron chi connectivity index (χ4n) is 4.02. The molecule has 0 bridgehead atoms. The van der Waals surface area contributed by atoms with Crippen molar-refractivity contribution in [1.29, 1.82) is 0 Å². The van der Waals surface area contributed by atoms with Crippen LogP contribution in [-0.4, -0.2) is 54.0 Å². The number of hydrogen-bond donors (Lipinski definition) is 0. The molecular formula is C19H27NO5. The number of amides is 1. The van der Waals surface area contributed by atoms with Crippen LogP contribution in [0.2, 0.25) is 0 Å². The van der Waals surface area contributed by atoms with E-state index in [-0.39, 0.29) is 12.1 Å². The zero-order valence-corrected chi connectivity index (χ0v) is 15.4. The Balaban J connectivity index is 1.96. The molecule has 0 unspecified atom stereocenters. The molecule has 4 atom stereocenters. The van der Waals surface area contributed by atoms with Crippen LogP contribution in [0.15, 0.2) is 24.3 Å². The molecule has 1 fully saturated rings. The molecule has 25 heavy (non-hydrogen) atoms. The molecule has 1 spiro atoms. The van der Waals surface area contributed by atoms with E-state index in [9.17, 15) is 9.59 Å². The molecule has 6 heteroatoms. The van der Waals surface area contributed by atoms with Gasteiger partial charge in [-0.1, -0.05) is 24.3 Å². The highest BCUT2D eigenvalue weighted by Gasteiger charge is 2.60. The second-order valence-corrected chi connectivity index (χ2v) is 7.88. The molecule has 6 nitrogen and oxygen atoms in total. The van der Waals surface area contributed by atoms with Gasteiger partial charge in [-0.3, -0.25) is 9.69 Å². The number of carbonyl (C=O) groups excluding carboxylic acids is 2. The van der Waals surface area contributed by atoms with Crippen molar-refractivity contribution in [2.24, 2.45) is 5.92 Å². The summed E-state index contributed by atoms with van der Waals surface area (Å²) in [6.45, 7) is 5.89. The molecule has 0 radical (unpaired) electrons. The van der Waals surface area contributed by atoms with Gasteiger partial charge in [-0.15, -0.1) is 0 Å². The second-order valence-electron chi connectivity index (χ2n) is 7.88. The third-order valence-corrected chi connectivity index (χ3v) is 4.97. The summed E-state index contributed by atoms with van der Waals surface area (Å²) in [6.07, 6.45) is 9.76. The normalized spacial score (nSPS) is 34.1. The third kappa shape index (κ3) is 3.32. The quantitative estimate of drug-likeness (QED) is 0.538. The Bertz CT molecular complexity index is 605. The maximum Gasteiger partial charge on any atom is 0.410 e. The van der Waals surface area contributed by atoms with Crippen LogP contribution in [0.4, 0.5) is 4.79 Å². The molecule has 2 heterocycles. The summed E-state index contributed by atoms with van der Waals surface area (Å²) in [5, 5.41) is 0. The van der Waals surface area contributed by atoms with Gasteiger partial charge in [-0.25, -0.2) is 4.79 Å². The van der Waals surface area contributed by atoms with Crippen LogP contribution >= 0.6 is 0 Å². The molecule has 3 rings (SSSR count). The molecule has 0 aromatic rings. The lowest BCUT2D eigenvalue weighted by Crippen LogP contribution is -2.54. The maximum absolute atomic E-state index is 12.7. The Morgan fingerprint density at radius 3 is 2.64 bits per heavy atom. The lowest BCUT2D eigenvalue weighted by atomic mass is 9.76. The number of fused-ring (bicyclic) bond motifs is 1. The average molecular weight is 349 g/mol. The van der Waals surface area contributed by atoms with E-state index in [0.717, 1.165) is 19.3 Å². The number of carbonyl (C=O) groups is 2. The second kappa shape index (κ2) is 6.48. The minimum Gasteiger partial charge on any atom is -0.469 e. The van der Waals surface area contributed by atoms with Crippen molar-refractivity contribution in [3.8, 4) is 0 Å². The Hall–Kier alpha value is -1.82. The Kier molecular flexibility index (Phi) is 4.66. The highest BCUT2D eigenvalue weighted by Crippen LogP contribution is 2.47. The van der Waals surface area contributed by atoms with E-state index in [4.69, 9.17) is 14.2 Å². The van der Waals surface area contributed by atoms with Crippen LogP contribution in [0, 0.1) is 5.92 Å². The lowest BCUT2D eigenvalue weighted by molar-refractivity contribution is -0.151. The lowest BCUT2D eigenvalue weighted by Gasteiger charge is -2.38. The summed E-state index contributed by atoms with van der Waals surface area (Å²) >= 11 is 0. The van der Waals surface area contributed by atoms with Gasteiger partial charge in [0, 0.05) is 6.54 Å². The van der Waals surface area contributed by atoms with Crippen molar-refractivity contribution >= 4 is 12.1 Å². The van der Waals surface area contributed by atoms with Gasteiger partial charge in [-0.05, 0) is 40.0 Å². The SMILES string of the molecule is COC(=O)[C@H]1[C@H]2[C@@H](C=CCN2C(=O)OC(C)(C)C)O[C@@]12C=CCCC2. The largest absolute Gasteiger partial charge is 0.469 e. The first-order chi connectivity index (χ1) is 11.8. The summed E-state index contributed by atoms with van der Waals surface area (Å²) in [5.41, 5.74) is -1.31. The smallest absolute Gasteiger partial charge is 0.410 e. The monoisotopic (exact) mass is 349 g/mol. The number of allylic oxidation sites excluding steroid dienone is 1. The highest BCUT2D eigenvalue weighted by atomic mass is 16.6. The van der Waals surface area contributed by atoms with Crippen molar-refractivity contribution in [2.75, 3.05) is 13.7 Å². The molecule has 0 N–H and O–H groups in total. The number of hydrogen-bond acceptors (Lipinski definition) is 5. The van der Waals surface area contributed by atoms with Gasteiger partial charge >= 0.3 is 12.1 Å². The van der Waals surface area contributed by atoms with Crippen LogP contribution in [0.3, 0.4) is 0 Å². The topological polar surface area (TPSA) is 65.1 Å². The van der Waals surface area contributed by atoms with Crippen molar-refractivity contribution in [1.82, 2.24) is 4.90 Å². The fourth-order valence-corrected chi connectivity index (χ4v) is 4.02. The van der Waals surface area contributed by atoms with Crippen LogP contribution in [-0.2, 0) is 19.0 Å². The molecule has 0 aromatic heterocycles. The summed E-state index contributed by atoms with van der Waals surface area (Å²) in [4.78, 5) is 27.0. The van der Waals surface area contributed by atoms with Gasteiger partial charge in [0.05, 0.1) is 19.3 Å². The van der Waals surface area contributed by atoms with E-state index in [2.05, 4.69) is 6.08 Å². The van der Waals surface area contributed by atoms with Crippen molar-refractivity contribution < 1.29 is 23.8 Å². The van der Waals surface area contributed by atoms with E-state index < -0.39 is 29.3 Å². The predicted molar refractivity (Wildman–Crippen MR) is 92.0 cm³/mol. The number of ether oxygens (including phenoxy) is 3. The van der Waals surface area contributed by atoms with Gasteiger partial charge in [0.1, 0.15) is 17.1 Å². The van der Waals surface area contributed by atoms with Crippen molar-refractivity contribution in [3.05, 3.63) is 24.3 Å². The van der Waals surface area contributed by atoms with E-state index in [1.807, 2.05) is 39.0 Å². The maximum atomic E-state index is 12.7. The number of methoxy groups -OCH3 is 1. The standard InChI is InChI=1S/C19H27NO5/c1-18(2,3)25-17(22)20-12-8-9-13-15(20)14(16(21)23-4)19(24-13)10-6-5-7-11-19/h6,8-10,13-15H,5,7,11-12H2,1-4H3/t13-,14-,15-,19-/m1/s1. The predicted octanol–water partition coefficient (Wildman–Crippen LogP) is 2.83. The molecule has 1 saturated heterocycles. The summed E-state index contributed by atoms with van der Waals surface area (Å²) in [7, 11) is 1.38. The molecule has 0 saturated carbocycles. The van der Waals surface area contributed by atoms with Gasteiger partial charge in [0.25, 0.3) is 0 Å². The zero-order chi connectivity index (χ0) is 18.2. The van der Waals surface area contributed by atoms with Crippen LogP contribution in [0.1, 0.15) is 40.0 Å². The number of nitrogens with zero attached hydrogens (tertiary/aromatic N) is 1. The number of esters is 1.